The van der Waals surface area contributed by atoms with Gasteiger partial charge in [0.05, 0.1) is 13.2 Å². The largest absolute Gasteiger partial charge is 0.481 e. The first-order valence-electron chi connectivity index (χ1n) is 8.50. The van der Waals surface area contributed by atoms with Gasteiger partial charge in [-0.2, -0.15) is 0 Å². The summed E-state index contributed by atoms with van der Waals surface area (Å²) >= 11 is 0. The fourth-order valence-electron chi connectivity index (χ4n) is 2.99. The monoisotopic (exact) mass is 394 g/mol. The van der Waals surface area contributed by atoms with Gasteiger partial charge in [0.1, 0.15) is 11.9 Å². The van der Waals surface area contributed by atoms with Gasteiger partial charge in [0.25, 0.3) is 5.91 Å². The first kappa shape index (κ1) is 21.0. The highest BCUT2D eigenvalue weighted by atomic mass is 35.5. The van der Waals surface area contributed by atoms with E-state index in [1.54, 1.807) is 12.1 Å². The lowest BCUT2D eigenvalue weighted by Crippen LogP contribution is -2.29. The number of anilines is 1. The lowest BCUT2D eigenvalue weighted by atomic mass is 10.1. The number of methoxy groups -OCH3 is 1. The van der Waals surface area contributed by atoms with Gasteiger partial charge in [0.15, 0.2) is 6.61 Å². The second kappa shape index (κ2) is 9.55. The minimum Gasteiger partial charge on any atom is -0.481 e. The molecule has 0 unspecified atom stereocenters. The molecule has 3 rings (SSSR count). The third-order valence-corrected chi connectivity index (χ3v) is 4.38. The third kappa shape index (κ3) is 4.88. The number of benzene rings is 2. The molecule has 2 atom stereocenters. The predicted molar refractivity (Wildman–Crippen MR) is 104 cm³/mol. The van der Waals surface area contributed by atoms with Gasteiger partial charge in [-0.1, -0.05) is 24.3 Å². The molecular weight excluding hydrogens is 372 g/mol. The van der Waals surface area contributed by atoms with Crippen molar-refractivity contribution in [3.63, 3.8) is 0 Å². The van der Waals surface area contributed by atoms with E-state index in [0.29, 0.717) is 24.4 Å². The van der Waals surface area contributed by atoms with Crippen LogP contribution in [-0.4, -0.2) is 44.3 Å². The number of esters is 1. The van der Waals surface area contributed by atoms with E-state index in [4.69, 9.17) is 15.2 Å². The van der Waals surface area contributed by atoms with Crippen LogP contribution in [0.4, 0.5) is 5.69 Å². The van der Waals surface area contributed by atoms with E-state index in [1.807, 2.05) is 24.3 Å². The van der Waals surface area contributed by atoms with Crippen molar-refractivity contribution in [3.05, 3.63) is 36.4 Å². The fourth-order valence-corrected chi connectivity index (χ4v) is 2.99. The van der Waals surface area contributed by atoms with Gasteiger partial charge < -0.3 is 25.3 Å². The Balaban J connectivity index is 0.00000261. The van der Waals surface area contributed by atoms with E-state index < -0.39 is 12.1 Å². The molecular formula is C19H23ClN2O5. The molecule has 1 saturated heterocycles. The molecule has 27 heavy (non-hydrogen) atoms. The first-order valence-corrected chi connectivity index (χ1v) is 8.50. The number of rotatable bonds is 6. The minimum atomic E-state index is -0.488. The van der Waals surface area contributed by atoms with Crippen molar-refractivity contribution in [3.8, 4) is 5.75 Å². The highest BCUT2D eigenvalue weighted by molar-refractivity contribution is 6.05. The number of nitrogens with two attached hydrogens (primary N) is 1. The van der Waals surface area contributed by atoms with Gasteiger partial charge in [-0.05, 0) is 25.0 Å². The number of ether oxygens (including phenoxy) is 3. The maximum Gasteiger partial charge on any atom is 0.343 e. The summed E-state index contributed by atoms with van der Waals surface area (Å²) in [5.41, 5.74) is 6.26. The van der Waals surface area contributed by atoms with E-state index >= 15 is 0 Å². The van der Waals surface area contributed by atoms with Crippen LogP contribution in [0.3, 0.4) is 0 Å². The smallest absolute Gasteiger partial charge is 0.343 e. The second-order valence-electron chi connectivity index (χ2n) is 6.07. The summed E-state index contributed by atoms with van der Waals surface area (Å²) in [6, 6.07) is 11.0. The lowest BCUT2D eigenvalue weighted by molar-refractivity contribution is -0.142. The Bertz CT molecular complexity index is 814. The summed E-state index contributed by atoms with van der Waals surface area (Å²) in [5.74, 6) is -0.0991. The molecule has 0 radical (unpaired) electrons. The van der Waals surface area contributed by atoms with E-state index in [-0.39, 0.29) is 31.0 Å². The van der Waals surface area contributed by atoms with E-state index in [9.17, 15) is 9.59 Å². The number of hydrogen-bond acceptors (Lipinski definition) is 6. The maximum absolute atomic E-state index is 12.5. The third-order valence-electron chi connectivity index (χ3n) is 4.38. The number of hydrogen-bond donors (Lipinski definition) is 2. The van der Waals surface area contributed by atoms with Crippen LogP contribution in [0, 0.1) is 0 Å². The lowest BCUT2D eigenvalue weighted by Gasteiger charge is -2.15. The summed E-state index contributed by atoms with van der Waals surface area (Å²) in [4.78, 5) is 23.8. The molecule has 0 aliphatic carbocycles. The Morgan fingerprint density at radius 1 is 1.19 bits per heavy atom. The van der Waals surface area contributed by atoms with Gasteiger partial charge in [-0.25, -0.2) is 4.79 Å². The molecule has 2 aromatic carbocycles. The molecule has 8 heteroatoms. The van der Waals surface area contributed by atoms with Crippen LogP contribution in [0.2, 0.25) is 0 Å². The molecule has 146 valence electrons. The van der Waals surface area contributed by atoms with Crippen molar-refractivity contribution in [1.82, 2.24) is 0 Å². The molecule has 2 aromatic rings. The summed E-state index contributed by atoms with van der Waals surface area (Å²) in [6.07, 6.45) is 0.899. The summed E-state index contributed by atoms with van der Waals surface area (Å²) in [7, 11) is 1.31. The zero-order chi connectivity index (χ0) is 18.5. The summed E-state index contributed by atoms with van der Waals surface area (Å²) in [5, 5.41) is 4.53. The van der Waals surface area contributed by atoms with Crippen LogP contribution in [0.25, 0.3) is 10.8 Å². The molecule has 1 aliphatic rings. The van der Waals surface area contributed by atoms with Crippen molar-refractivity contribution < 1.29 is 23.8 Å². The Morgan fingerprint density at radius 2 is 1.93 bits per heavy atom. The number of carbonyl (C=O) groups excluding carboxylic acids is 2. The van der Waals surface area contributed by atoms with Crippen LogP contribution in [-0.2, 0) is 19.1 Å². The summed E-state index contributed by atoms with van der Waals surface area (Å²) < 4.78 is 15.8. The zero-order valence-electron chi connectivity index (χ0n) is 15.0. The van der Waals surface area contributed by atoms with E-state index in [2.05, 4.69) is 10.1 Å². The van der Waals surface area contributed by atoms with Crippen molar-refractivity contribution in [2.24, 2.45) is 5.73 Å². The second-order valence-corrected chi connectivity index (χ2v) is 6.07. The Kier molecular flexibility index (Phi) is 7.41. The Labute approximate surface area is 163 Å². The molecule has 0 saturated carbocycles. The standard InChI is InChI=1S/C19H22N2O5.ClH/c1-24-18(22)11-25-16-9-7-15(13-4-2-3-5-14(13)16)21-19(23)17-8-6-12(10-20)26-17;/h2-5,7,9,12,17H,6,8,10-11,20H2,1H3,(H,21,23);1H/t12-,17+;/m1./s1. The van der Waals surface area contributed by atoms with Gasteiger partial charge >= 0.3 is 5.97 Å². The van der Waals surface area contributed by atoms with Crippen LogP contribution in [0.15, 0.2) is 36.4 Å². The highest BCUT2D eigenvalue weighted by Gasteiger charge is 2.30. The number of fused-ring (bicyclic) bond motifs is 1. The topological polar surface area (TPSA) is 99.9 Å². The van der Waals surface area contributed by atoms with Gasteiger partial charge in [0, 0.05) is 23.0 Å². The van der Waals surface area contributed by atoms with Crippen LogP contribution in [0.1, 0.15) is 12.8 Å². The average Bonchev–Trinajstić information content (AvgIpc) is 3.16. The SMILES string of the molecule is COC(=O)COc1ccc(NC(=O)[C@@H]2CC[C@H](CN)O2)c2ccccc12.Cl. The van der Waals surface area contributed by atoms with E-state index in [0.717, 1.165) is 17.2 Å². The first-order chi connectivity index (χ1) is 12.6. The molecule has 0 aromatic heterocycles. The molecule has 1 fully saturated rings. The Morgan fingerprint density at radius 3 is 2.59 bits per heavy atom. The minimum absolute atomic E-state index is 0. The zero-order valence-corrected chi connectivity index (χ0v) is 15.8. The van der Waals surface area contributed by atoms with Crippen LogP contribution < -0.4 is 15.8 Å². The fraction of sp³-hybridized carbons (Fsp3) is 0.368. The highest BCUT2D eigenvalue weighted by Crippen LogP contribution is 2.32. The normalized spacial score (nSPS) is 18.6. The Hall–Kier alpha value is -2.35. The molecule has 0 bridgehead atoms. The molecule has 1 heterocycles. The van der Waals surface area contributed by atoms with E-state index in [1.165, 1.54) is 7.11 Å². The van der Waals surface area contributed by atoms with Crippen LogP contribution in [0.5, 0.6) is 5.75 Å². The predicted octanol–water partition coefficient (Wildman–Crippen LogP) is 2.26. The average molecular weight is 395 g/mol. The number of halogens is 1. The quantitative estimate of drug-likeness (QED) is 0.729. The van der Waals surface area contributed by atoms with Crippen LogP contribution >= 0.6 is 12.4 Å². The number of amides is 1. The van der Waals surface area contributed by atoms with Crippen molar-refractivity contribution in [2.75, 3.05) is 25.6 Å². The summed E-state index contributed by atoms with van der Waals surface area (Å²) in [6.45, 7) is 0.238. The van der Waals surface area contributed by atoms with Gasteiger partial charge in [0.2, 0.25) is 0 Å². The van der Waals surface area contributed by atoms with Gasteiger partial charge in [-0.3, -0.25) is 4.79 Å². The molecule has 1 amide bonds. The molecule has 7 nitrogen and oxygen atoms in total. The van der Waals surface area contributed by atoms with Crippen molar-refractivity contribution in [1.29, 1.82) is 0 Å². The van der Waals surface area contributed by atoms with Crippen molar-refractivity contribution in [2.45, 2.75) is 25.0 Å². The number of nitrogens with one attached hydrogen (secondary N) is 1. The van der Waals surface area contributed by atoms with Crippen molar-refractivity contribution >= 4 is 40.7 Å². The maximum atomic E-state index is 12.5. The molecule has 1 aliphatic heterocycles. The van der Waals surface area contributed by atoms with Gasteiger partial charge in [-0.15, -0.1) is 12.4 Å². The molecule has 0 spiro atoms. The molecule has 3 N–H and O–H groups in total. The number of carbonyl (C=O) groups is 2.